The van der Waals surface area contributed by atoms with E-state index in [1.54, 1.807) is 6.07 Å². The molecule has 2 nitrogen and oxygen atoms in total. The molecule has 24 heavy (non-hydrogen) atoms. The van der Waals surface area contributed by atoms with Gasteiger partial charge in [-0.3, -0.25) is 0 Å². The van der Waals surface area contributed by atoms with E-state index in [0.29, 0.717) is 29.2 Å². The van der Waals surface area contributed by atoms with Crippen molar-refractivity contribution in [1.82, 2.24) is 5.32 Å². The highest BCUT2D eigenvalue weighted by Crippen LogP contribution is 2.32. The van der Waals surface area contributed by atoms with E-state index in [1.165, 1.54) is 5.56 Å². The second kappa shape index (κ2) is 9.93. The minimum Gasteiger partial charge on any atom is -0.492 e. The number of nitrogens with one attached hydrogen (secondary N) is 1. The standard InChI is InChI=1S/C20H25Cl2NO/c1-3-11-24-20-17(12-18(21)13-19(20)22)14-23-15(2)9-10-16-7-5-4-6-8-16/h4-8,12-13,15,23H,3,9-11,14H2,1-2H3. The molecule has 0 saturated heterocycles. The van der Waals surface area contributed by atoms with Gasteiger partial charge >= 0.3 is 0 Å². The van der Waals surface area contributed by atoms with Crippen LogP contribution in [0.1, 0.15) is 37.8 Å². The molecule has 0 aromatic heterocycles. The first-order chi connectivity index (χ1) is 11.6. The van der Waals surface area contributed by atoms with Crippen LogP contribution in [0.5, 0.6) is 5.75 Å². The monoisotopic (exact) mass is 365 g/mol. The summed E-state index contributed by atoms with van der Waals surface area (Å²) < 4.78 is 5.80. The van der Waals surface area contributed by atoms with Gasteiger partial charge in [0.1, 0.15) is 5.75 Å². The lowest BCUT2D eigenvalue weighted by Crippen LogP contribution is -2.26. The Kier molecular flexibility index (Phi) is 7.90. The molecule has 4 heteroatoms. The van der Waals surface area contributed by atoms with Crippen molar-refractivity contribution in [2.75, 3.05) is 6.61 Å². The summed E-state index contributed by atoms with van der Waals surface area (Å²) >= 11 is 12.4. The summed E-state index contributed by atoms with van der Waals surface area (Å²) in [6.07, 6.45) is 3.08. The molecular formula is C20H25Cl2NO. The molecule has 130 valence electrons. The second-order valence-electron chi connectivity index (χ2n) is 6.03. The maximum atomic E-state index is 6.29. The number of halogens is 2. The summed E-state index contributed by atoms with van der Waals surface area (Å²) in [6, 6.07) is 14.6. The summed E-state index contributed by atoms with van der Waals surface area (Å²) in [5.74, 6) is 0.741. The molecule has 0 bridgehead atoms. The lowest BCUT2D eigenvalue weighted by Gasteiger charge is -2.17. The number of rotatable bonds is 9. The van der Waals surface area contributed by atoms with Crippen LogP contribution in [0.2, 0.25) is 10.0 Å². The Bertz CT molecular complexity index is 631. The van der Waals surface area contributed by atoms with Crippen molar-refractivity contribution in [1.29, 1.82) is 0 Å². The fourth-order valence-electron chi connectivity index (χ4n) is 2.52. The summed E-state index contributed by atoms with van der Waals surface area (Å²) in [4.78, 5) is 0. The molecule has 0 radical (unpaired) electrons. The van der Waals surface area contributed by atoms with Gasteiger partial charge in [-0.1, -0.05) is 60.5 Å². The Labute approximate surface area is 155 Å². The van der Waals surface area contributed by atoms with E-state index in [9.17, 15) is 0 Å². The highest BCUT2D eigenvalue weighted by atomic mass is 35.5. The molecule has 0 aliphatic carbocycles. The van der Waals surface area contributed by atoms with Crippen molar-refractivity contribution in [2.24, 2.45) is 0 Å². The van der Waals surface area contributed by atoms with Gasteiger partial charge < -0.3 is 10.1 Å². The van der Waals surface area contributed by atoms with Crippen molar-refractivity contribution in [3.8, 4) is 5.75 Å². The number of hydrogen-bond donors (Lipinski definition) is 1. The van der Waals surface area contributed by atoms with Gasteiger partial charge in [0.2, 0.25) is 0 Å². The normalized spacial score (nSPS) is 12.2. The third-order valence-corrected chi connectivity index (χ3v) is 4.38. The minimum absolute atomic E-state index is 0.391. The largest absolute Gasteiger partial charge is 0.492 e. The molecule has 0 aliphatic rings. The molecule has 2 aromatic rings. The zero-order valence-electron chi connectivity index (χ0n) is 14.3. The summed E-state index contributed by atoms with van der Waals surface area (Å²) in [7, 11) is 0. The molecule has 2 aromatic carbocycles. The first-order valence-corrected chi connectivity index (χ1v) is 9.23. The van der Waals surface area contributed by atoms with Crippen molar-refractivity contribution in [2.45, 2.75) is 45.7 Å². The highest BCUT2D eigenvalue weighted by molar-refractivity contribution is 6.35. The Morgan fingerprint density at radius 3 is 2.58 bits per heavy atom. The van der Waals surface area contributed by atoms with Crippen LogP contribution in [0.4, 0.5) is 0 Å². The number of benzene rings is 2. The lowest BCUT2D eigenvalue weighted by atomic mass is 10.1. The maximum Gasteiger partial charge on any atom is 0.142 e. The third-order valence-electron chi connectivity index (χ3n) is 3.89. The van der Waals surface area contributed by atoms with Crippen LogP contribution in [0.25, 0.3) is 0 Å². The summed E-state index contributed by atoms with van der Waals surface area (Å²) in [6.45, 7) is 5.61. The van der Waals surface area contributed by atoms with E-state index in [2.05, 4.69) is 43.4 Å². The Morgan fingerprint density at radius 1 is 1.12 bits per heavy atom. The van der Waals surface area contributed by atoms with E-state index in [4.69, 9.17) is 27.9 Å². The maximum absolute atomic E-state index is 6.29. The van der Waals surface area contributed by atoms with Gasteiger partial charge in [-0.05, 0) is 43.9 Å². The molecule has 0 amide bonds. The van der Waals surface area contributed by atoms with Crippen LogP contribution in [0.3, 0.4) is 0 Å². The van der Waals surface area contributed by atoms with Gasteiger partial charge in [-0.15, -0.1) is 0 Å². The summed E-state index contributed by atoms with van der Waals surface area (Å²) in [5.41, 5.74) is 2.37. The third kappa shape index (κ3) is 6.01. The van der Waals surface area contributed by atoms with Crippen molar-refractivity contribution >= 4 is 23.2 Å². The van der Waals surface area contributed by atoms with Crippen LogP contribution in [0, 0.1) is 0 Å². The van der Waals surface area contributed by atoms with E-state index in [1.807, 2.05) is 12.1 Å². The Balaban J connectivity index is 1.92. The van der Waals surface area contributed by atoms with E-state index in [0.717, 1.165) is 30.6 Å². The Hall–Kier alpha value is -1.22. The highest BCUT2D eigenvalue weighted by Gasteiger charge is 2.12. The first kappa shape index (κ1) is 19.1. The molecule has 0 heterocycles. The summed E-state index contributed by atoms with van der Waals surface area (Å²) in [5, 5.41) is 4.75. The van der Waals surface area contributed by atoms with Gasteiger partial charge in [-0.25, -0.2) is 0 Å². The van der Waals surface area contributed by atoms with Crippen LogP contribution in [-0.2, 0) is 13.0 Å². The average molecular weight is 366 g/mol. The van der Waals surface area contributed by atoms with Crippen LogP contribution < -0.4 is 10.1 Å². The van der Waals surface area contributed by atoms with Crippen molar-refractivity contribution in [3.63, 3.8) is 0 Å². The first-order valence-electron chi connectivity index (χ1n) is 8.48. The van der Waals surface area contributed by atoms with Crippen molar-refractivity contribution in [3.05, 3.63) is 63.6 Å². The molecule has 0 aliphatic heterocycles. The molecule has 0 saturated carbocycles. The molecule has 1 atom stereocenters. The van der Waals surface area contributed by atoms with Gasteiger partial charge in [-0.2, -0.15) is 0 Å². The minimum atomic E-state index is 0.391. The molecule has 1 unspecified atom stereocenters. The molecule has 0 spiro atoms. The van der Waals surface area contributed by atoms with Crippen molar-refractivity contribution < 1.29 is 4.74 Å². The zero-order valence-corrected chi connectivity index (χ0v) is 15.8. The van der Waals surface area contributed by atoms with Gasteiger partial charge in [0.15, 0.2) is 0 Å². The Morgan fingerprint density at radius 2 is 1.88 bits per heavy atom. The molecule has 1 N–H and O–H groups in total. The smallest absolute Gasteiger partial charge is 0.142 e. The van der Waals surface area contributed by atoms with Gasteiger partial charge in [0, 0.05) is 23.2 Å². The van der Waals surface area contributed by atoms with Crippen LogP contribution in [0.15, 0.2) is 42.5 Å². The lowest BCUT2D eigenvalue weighted by molar-refractivity contribution is 0.313. The quantitative estimate of drug-likeness (QED) is 0.597. The molecule has 0 fully saturated rings. The van der Waals surface area contributed by atoms with Gasteiger partial charge in [0.05, 0.1) is 11.6 Å². The van der Waals surface area contributed by atoms with E-state index in [-0.39, 0.29) is 0 Å². The van der Waals surface area contributed by atoms with E-state index >= 15 is 0 Å². The van der Waals surface area contributed by atoms with Gasteiger partial charge in [0.25, 0.3) is 0 Å². The van der Waals surface area contributed by atoms with Crippen LogP contribution in [-0.4, -0.2) is 12.6 Å². The molecular weight excluding hydrogens is 341 g/mol. The second-order valence-corrected chi connectivity index (χ2v) is 6.87. The fourth-order valence-corrected chi connectivity index (χ4v) is 3.11. The van der Waals surface area contributed by atoms with Crippen LogP contribution >= 0.6 is 23.2 Å². The number of ether oxygens (including phenoxy) is 1. The number of aryl methyl sites for hydroxylation is 1. The average Bonchev–Trinajstić information content (AvgIpc) is 2.58. The zero-order chi connectivity index (χ0) is 17.4. The predicted octanol–water partition coefficient (Wildman–Crippen LogP) is 5.89. The number of hydrogen-bond acceptors (Lipinski definition) is 2. The fraction of sp³-hybridized carbons (Fsp3) is 0.400. The topological polar surface area (TPSA) is 21.3 Å². The molecule has 2 rings (SSSR count). The van der Waals surface area contributed by atoms with E-state index < -0.39 is 0 Å². The SMILES string of the molecule is CCCOc1c(Cl)cc(Cl)cc1CNC(C)CCc1ccccc1. The predicted molar refractivity (Wildman–Crippen MR) is 103 cm³/mol.